The van der Waals surface area contributed by atoms with Crippen molar-refractivity contribution in [3.05, 3.63) is 24.5 Å². The Morgan fingerprint density at radius 1 is 1.52 bits per heavy atom. The number of hydrogen-bond acceptors (Lipinski definition) is 4. The Morgan fingerprint density at radius 2 is 2.33 bits per heavy atom. The first-order valence-corrected chi connectivity index (χ1v) is 7.28. The number of hydrogen-bond donors (Lipinski definition) is 1. The largest absolute Gasteiger partial charge is 0.368 e. The molecule has 2 heterocycles. The maximum Gasteiger partial charge on any atom is 0.240 e. The second-order valence-corrected chi connectivity index (χ2v) is 5.92. The molecule has 1 radical (unpaired) electrons. The Balaban J connectivity index is 2.00. The van der Waals surface area contributed by atoms with Crippen molar-refractivity contribution in [2.45, 2.75) is 45.1 Å². The van der Waals surface area contributed by atoms with Gasteiger partial charge in [-0.15, -0.1) is 0 Å². The van der Waals surface area contributed by atoms with Gasteiger partial charge in [0.15, 0.2) is 0 Å². The highest BCUT2D eigenvalue weighted by molar-refractivity contribution is 6.06. The van der Waals surface area contributed by atoms with Gasteiger partial charge >= 0.3 is 0 Å². The molecule has 1 spiro atoms. The van der Waals surface area contributed by atoms with Crippen LogP contribution in [0.2, 0.25) is 0 Å². The van der Waals surface area contributed by atoms with Crippen LogP contribution in [0.5, 0.6) is 0 Å². The molecule has 2 unspecified atom stereocenters. The average molecular weight is 287 g/mol. The molecular formula is C15H19N4O2. The quantitative estimate of drug-likeness (QED) is 0.883. The molecule has 2 atom stereocenters. The maximum atomic E-state index is 12.9. The Labute approximate surface area is 123 Å². The number of amides is 2. The van der Waals surface area contributed by atoms with Crippen LogP contribution in [-0.2, 0) is 9.59 Å². The summed E-state index contributed by atoms with van der Waals surface area (Å²) in [5.74, 6) is 0.542. The van der Waals surface area contributed by atoms with Crippen LogP contribution in [-0.4, -0.2) is 27.8 Å². The van der Waals surface area contributed by atoms with E-state index in [1.54, 1.807) is 19.2 Å². The fourth-order valence-electron chi connectivity index (χ4n) is 3.46. The fraction of sp³-hybridized carbons (Fsp3) is 0.533. The lowest BCUT2D eigenvalue weighted by molar-refractivity contribution is -0.126. The molecule has 1 aliphatic heterocycles. The maximum absolute atomic E-state index is 12.9. The standard InChI is InChI=1S/C15H19N4O2/c1-10-17-8-5-12(18-10)19-11(13(16)20)9-15(14(19)21)6-3-2-4-7-15/h3,5,8,11H,2,4,6-7,9H2,1H3,(H2,16,20). The molecule has 2 N–H and O–H groups in total. The number of nitrogens with two attached hydrogens (primary N) is 1. The molecule has 0 bridgehead atoms. The number of primary amides is 1. The highest BCUT2D eigenvalue weighted by atomic mass is 16.2. The van der Waals surface area contributed by atoms with E-state index in [9.17, 15) is 9.59 Å². The van der Waals surface area contributed by atoms with Crippen molar-refractivity contribution >= 4 is 17.6 Å². The van der Waals surface area contributed by atoms with Crippen molar-refractivity contribution in [3.8, 4) is 0 Å². The predicted molar refractivity (Wildman–Crippen MR) is 77.1 cm³/mol. The lowest BCUT2D eigenvalue weighted by Gasteiger charge is -2.31. The average Bonchev–Trinajstić information content (AvgIpc) is 2.74. The molecule has 3 rings (SSSR count). The molecule has 21 heavy (non-hydrogen) atoms. The Morgan fingerprint density at radius 3 is 2.95 bits per heavy atom. The molecule has 1 saturated heterocycles. The Bertz CT molecular complexity index is 581. The van der Waals surface area contributed by atoms with Crippen LogP contribution in [0.3, 0.4) is 0 Å². The highest BCUT2D eigenvalue weighted by Crippen LogP contribution is 2.47. The third kappa shape index (κ3) is 2.28. The van der Waals surface area contributed by atoms with Crippen molar-refractivity contribution in [1.82, 2.24) is 9.97 Å². The fourth-order valence-corrected chi connectivity index (χ4v) is 3.46. The second-order valence-electron chi connectivity index (χ2n) is 5.92. The van der Waals surface area contributed by atoms with Gasteiger partial charge in [-0.1, -0.05) is 12.8 Å². The molecule has 1 aromatic heterocycles. The zero-order chi connectivity index (χ0) is 15.0. The van der Waals surface area contributed by atoms with E-state index in [-0.39, 0.29) is 5.91 Å². The minimum Gasteiger partial charge on any atom is -0.368 e. The van der Waals surface area contributed by atoms with Crippen molar-refractivity contribution in [2.75, 3.05) is 4.90 Å². The van der Waals surface area contributed by atoms with Gasteiger partial charge < -0.3 is 5.73 Å². The van der Waals surface area contributed by atoms with Crippen LogP contribution in [0.25, 0.3) is 0 Å². The van der Waals surface area contributed by atoms with E-state index < -0.39 is 17.4 Å². The van der Waals surface area contributed by atoms with Crippen molar-refractivity contribution in [2.24, 2.45) is 11.1 Å². The van der Waals surface area contributed by atoms with Gasteiger partial charge in [-0.25, -0.2) is 9.97 Å². The Kier molecular flexibility index (Phi) is 3.39. The van der Waals surface area contributed by atoms with Gasteiger partial charge in [0.05, 0.1) is 5.41 Å². The number of nitrogens with zero attached hydrogens (tertiary/aromatic N) is 3. The van der Waals surface area contributed by atoms with Crippen LogP contribution in [0, 0.1) is 18.8 Å². The monoisotopic (exact) mass is 287 g/mol. The van der Waals surface area contributed by atoms with E-state index in [0.717, 1.165) is 25.7 Å². The van der Waals surface area contributed by atoms with Gasteiger partial charge in [0, 0.05) is 6.20 Å². The van der Waals surface area contributed by atoms with Crippen LogP contribution >= 0.6 is 0 Å². The van der Waals surface area contributed by atoms with Crippen molar-refractivity contribution < 1.29 is 9.59 Å². The number of anilines is 1. The first kappa shape index (κ1) is 14.0. The van der Waals surface area contributed by atoms with Crippen molar-refractivity contribution in [3.63, 3.8) is 0 Å². The van der Waals surface area contributed by atoms with E-state index in [4.69, 9.17) is 5.73 Å². The summed E-state index contributed by atoms with van der Waals surface area (Å²) in [5, 5.41) is 0. The zero-order valence-corrected chi connectivity index (χ0v) is 12.1. The number of carbonyl (C=O) groups is 2. The summed E-state index contributed by atoms with van der Waals surface area (Å²) < 4.78 is 0. The SMILES string of the molecule is Cc1nccc(N2C(=O)C3(C[CH]CCC3)CC2C(N)=O)n1. The molecule has 1 aromatic rings. The molecular weight excluding hydrogens is 268 g/mol. The van der Waals surface area contributed by atoms with E-state index in [0.29, 0.717) is 18.1 Å². The third-order valence-electron chi connectivity index (χ3n) is 4.50. The highest BCUT2D eigenvalue weighted by Gasteiger charge is 2.54. The molecule has 2 fully saturated rings. The van der Waals surface area contributed by atoms with Gasteiger partial charge in [0.25, 0.3) is 0 Å². The van der Waals surface area contributed by atoms with Crippen molar-refractivity contribution in [1.29, 1.82) is 0 Å². The number of carbonyl (C=O) groups excluding carboxylic acids is 2. The second kappa shape index (κ2) is 5.09. The van der Waals surface area contributed by atoms with Gasteiger partial charge in [-0.05, 0) is 38.7 Å². The number of rotatable bonds is 2. The van der Waals surface area contributed by atoms with E-state index in [1.807, 2.05) is 0 Å². The van der Waals surface area contributed by atoms with Crippen LogP contribution < -0.4 is 10.6 Å². The molecule has 2 amide bonds. The Hall–Kier alpha value is -1.98. The molecule has 2 aliphatic rings. The summed E-state index contributed by atoms with van der Waals surface area (Å²) >= 11 is 0. The summed E-state index contributed by atoms with van der Waals surface area (Å²) in [6, 6.07) is 1.05. The summed E-state index contributed by atoms with van der Waals surface area (Å²) in [7, 11) is 0. The number of aryl methyl sites for hydroxylation is 1. The van der Waals surface area contributed by atoms with Gasteiger partial charge in [0.2, 0.25) is 11.8 Å². The minimum absolute atomic E-state index is 0.0275. The predicted octanol–water partition coefficient (Wildman–Crippen LogP) is 1.14. The molecule has 6 heteroatoms. The van der Waals surface area contributed by atoms with E-state index >= 15 is 0 Å². The zero-order valence-electron chi connectivity index (χ0n) is 12.1. The topological polar surface area (TPSA) is 89.2 Å². The molecule has 6 nitrogen and oxygen atoms in total. The number of aromatic nitrogens is 2. The van der Waals surface area contributed by atoms with E-state index in [2.05, 4.69) is 16.4 Å². The van der Waals surface area contributed by atoms with Crippen LogP contribution in [0.15, 0.2) is 12.3 Å². The van der Waals surface area contributed by atoms with Gasteiger partial charge in [-0.2, -0.15) is 0 Å². The lowest BCUT2D eigenvalue weighted by atomic mass is 9.72. The smallest absolute Gasteiger partial charge is 0.240 e. The molecule has 1 saturated carbocycles. The van der Waals surface area contributed by atoms with Gasteiger partial charge in [-0.3, -0.25) is 14.5 Å². The summed E-state index contributed by atoms with van der Waals surface area (Å²) in [6.07, 6.45) is 7.77. The molecule has 0 aromatic carbocycles. The molecule has 111 valence electrons. The van der Waals surface area contributed by atoms with Crippen LogP contribution in [0.1, 0.15) is 37.9 Å². The first-order valence-electron chi connectivity index (χ1n) is 7.28. The normalized spacial score (nSPS) is 24.5. The summed E-state index contributed by atoms with van der Waals surface area (Å²) in [6.45, 7) is 1.76. The summed E-state index contributed by atoms with van der Waals surface area (Å²) in [4.78, 5) is 34.6. The lowest BCUT2D eigenvalue weighted by Crippen LogP contribution is -2.43. The first-order chi connectivity index (χ1) is 10.0. The molecule has 1 aliphatic carbocycles. The van der Waals surface area contributed by atoms with Gasteiger partial charge in [0.1, 0.15) is 17.7 Å². The van der Waals surface area contributed by atoms with E-state index in [1.165, 1.54) is 4.90 Å². The minimum atomic E-state index is -0.613. The van der Waals surface area contributed by atoms with Crippen LogP contribution in [0.4, 0.5) is 5.82 Å². The third-order valence-corrected chi connectivity index (χ3v) is 4.50. The summed E-state index contributed by atoms with van der Waals surface area (Å²) in [5.41, 5.74) is 5.05.